The monoisotopic (exact) mass is 292 g/mol. The molecule has 1 rings (SSSR count). The summed E-state index contributed by atoms with van der Waals surface area (Å²) in [6.07, 6.45) is 7.28. The lowest BCUT2D eigenvalue weighted by atomic mass is 10.1. The van der Waals surface area contributed by atoms with Crippen molar-refractivity contribution in [3.63, 3.8) is 0 Å². The lowest BCUT2D eigenvalue weighted by Gasteiger charge is -2.05. The van der Waals surface area contributed by atoms with Crippen LogP contribution in [0.5, 0.6) is 0 Å². The molecule has 1 aromatic heterocycles. The van der Waals surface area contributed by atoms with Crippen LogP contribution in [-0.4, -0.2) is 4.98 Å². The normalized spacial score (nSPS) is 13.6. The molecule has 1 unspecified atom stereocenters. The van der Waals surface area contributed by atoms with Gasteiger partial charge in [-0.1, -0.05) is 41.1 Å². The molecule has 1 heterocycles. The molecule has 1 N–H and O–H groups in total. The summed E-state index contributed by atoms with van der Waals surface area (Å²) in [6.45, 7) is 3.92. The van der Waals surface area contributed by atoms with Crippen molar-refractivity contribution in [2.75, 3.05) is 0 Å². The minimum absolute atomic E-state index is 0.0959. The third kappa shape index (κ3) is 4.04. The summed E-state index contributed by atoms with van der Waals surface area (Å²) in [4.78, 5) is 14.4. The van der Waals surface area contributed by atoms with Crippen molar-refractivity contribution in [1.29, 1.82) is 5.26 Å². The van der Waals surface area contributed by atoms with Crippen molar-refractivity contribution >= 4 is 15.9 Å². The predicted octanol–water partition coefficient (Wildman–Crippen LogP) is 3.20. The number of nitriles is 1. The number of aromatic amines is 1. The zero-order valence-electron chi connectivity index (χ0n) is 9.70. The minimum atomic E-state index is -0.242. The first-order chi connectivity index (χ1) is 8.04. The lowest BCUT2D eigenvalue weighted by Crippen LogP contribution is -2.08. The van der Waals surface area contributed by atoms with E-state index in [2.05, 4.69) is 20.9 Å². The van der Waals surface area contributed by atoms with E-state index >= 15 is 0 Å². The topological polar surface area (TPSA) is 56.6 Å². The van der Waals surface area contributed by atoms with Crippen LogP contribution in [0.3, 0.4) is 0 Å². The Hall–Kier alpha value is -1.60. The average molecular weight is 293 g/mol. The van der Waals surface area contributed by atoms with Gasteiger partial charge in [-0.2, -0.15) is 5.26 Å². The van der Waals surface area contributed by atoms with Gasteiger partial charge in [0.15, 0.2) is 5.43 Å². The van der Waals surface area contributed by atoms with Gasteiger partial charge < -0.3 is 4.98 Å². The Bertz CT molecular complexity index is 545. The molecule has 0 fully saturated rings. The lowest BCUT2D eigenvalue weighted by molar-refractivity contribution is 0.901. The molecule has 0 saturated heterocycles. The predicted molar refractivity (Wildman–Crippen MR) is 72.0 cm³/mol. The van der Waals surface area contributed by atoms with E-state index < -0.39 is 0 Å². The van der Waals surface area contributed by atoms with Crippen LogP contribution in [0.4, 0.5) is 0 Å². The van der Waals surface area contributed by atoms with Gasteiger partial charge in [-0.25, -0.2) is 0 Å². The fraction of sp³-hybridized carbons (Fsp3) is 0.231. The Morgan fingerprint density at radius 1 is 1.65 bits per heavy atom. The Morgan fingerprint density at radius 2 is 2.35 bits per heavy atom. The van der Waals surface area contributed by atoms with Crippen molar-refractivity contribution < 1.29 is 0 Å². The molecule has 1 atom stereocenters. The van der Waals surface area contributed by atoms with E-state index in [1.165, 1.54) is 12.3 Å². The number of allylic oxidation sites excluding steroid dienone is 4. The maximum absolute atomic E-state index is 11.5. The molecular formula is C13H13BrN2O. The smallest absolute Gasteiger partial charge is 0.199 e. The highest BCUT2D eigenvalue weighted by Gasteiger charge is 2.04. The first-order valence-corrected chi connectivity index (χ1v) is 5.97. The van der Waals surface area contributed by atoms with Crippen LogP contribution in [0.1, 0.15) is 31.0 Å². The molecule has 17 heavy (non-hydrogen) atoms. The van der Waals surface area contributed by atoms with Crippen molar-refractivity contribution in [3.8, 4) is 6.07 Å². The van der Waals surface area contributed by atoms with E-state index in [0.29, 0.717) is 0 Å². The highest BCUT2D eigenvalue weighted by atomic mass is 79.9. The molecule has 0 amide bonds. The van der Waals surface area contributed by atoms with Gasteiger partial charge in [-0.3, -0.25) is 4.79 Å². The van der Waals surface area contributed by atoms with Gasteiger partial charge in [0.2, 0.25) is 0 Å². The zero-order chi connectivity index (χ0) is 12.8. The van der Waals surface area contributed by atoms with Gasteiger partial charge in [0.1, 0.15) is 11.6 Å². The molecule has 1 aromatic rings. The fourth-order valence-electron chi connectivity index (χ4n) is 1.30. The summed E-state index contributed by atoms with van der Waals surface area (Å²) in [6, 6.07) is 3.31. The van der Waals surface area contributed by atoms with E-state index in [1.54, 1.807) is 0 Å². The number of aromatic nitrogens is 1. The van der Waals surface area contributed by atoms with Gasteiger partial charge in [0.25, 0.3) is 0 Å². The largest absolute Gasteiger partial charge is 0.363 e. The number of pyridine rings is 1. The number of rotatable bonds is 3. The number of nitrogens with zero attached hydrogens (tertiary/aromatic N) is 1. The summed E-state index contributed by atoms with van der Waals surface area (Å²) < 4.78 is 1.04. The molecule has 4 heteroatoms. The van der Waals surface area contributed by atoms with Gasteiger partial charge in [-0.15, -0.1) is 0 Å². The maximum atomic E-state index is 11.5. The van der Waals surface area contributed by atoms with Gasteiger partial charge in [0, 0.05) is 23.9 Å². The molecule has 0 aliphatic carbocycles. The van der Waals surface area contributed by atoms with Crippen LogP contribution in [0.2, 0.25) is 0 Å². The van der Waals surface area contributed by atoms with Gasteiger partial charge in [-0.05, 0) is 11.4 Å². The third-order valence-electron chi connectivity index (χ3n) is 2.27. The Morgan fingerprint density at radius 3 is 2.88 bits per heavy atom. The summed E-state index contributed by atoms with van der Waals surface area (Å²) in [5.41, 5.74) is 0.695. The second-order valence-corrected chi connectivity index (χ2v) is 4.96. The second-order valence-electron chi connectivity index (χ2n) is 3.71. The second kappa shape index (κ2) is 6.21. The standard InChI is InChI=1S/C13H13BrN2O/c1-9(4-3-5-10(2)14)12-6-13(17)11(7-15)8-16-12/h3-6,8-9H,1-2H3,(H,16,17)/b4-3-,10-5+. The number of halogens is 1. The Labute approximate surface area is 109 Å². The summed E-state index contributed by atoms with van der Waals surface area (Å²) in [7, 11) is 0. The molecule has 0 saturated carbocycles. The van der Waals surface area contributed by atoms with Crippen LogP contribution >= 0.6 is 15.9 Å². The van der Waals surface area contributed by atoms with Crippen LogP contribution in [0.25, 0.3) is 0 Å². The molecule has 0 spiro atoms. The molecule has 0 aromatic carbocycles. The van der Waals surface area contributed by atoms with Crippen LogP contribution in [0.15, 0.2) is 39.8 Å². The summed E-state index contributed by atoms with van der Waals surface area (Å²) in [5, 5.41) is 8.65. The molecule has 0 radical (unpaired) electrons. The summed E-state index contributed by atoms with van der Waals surface area (Å²) in [5.74, 6) is 0.0959. The molecule has 0 aliphatic heterocycles. The molecule has 88 valence electrons. The highest BCUT2D eigenvalue weighted by Crippen LogP contribution is 2.13. The minimum Gasteiger partial charge on any atom is -0.363 e. The van der Waals surface area contributed by atoms with E-state index in [-0.39, 0.29) is 16.9 Å². The average Bonchev–Trinajstić information content (AvgIpc) is 2.28. The number of hydrogen-bond donors (Lipinski definition) is 1. The van der Waals surface area contributed by atoms with Crippen LogP contribution in [0, 0.1) is 11.3 Å². The van der Waals surface area contributed by atoms with Crippen molar-refractivity contribution in [3.05, 3.63) is 56.5 Å². The molecule has 3 nitrogen and oxygen atoms in total. The van der Waals surface area contributed by atoms with Gasteiger partial charge in [0.05, 0.1) is 0 Å². The van der Waals surface area contributed by atoms with Crippen molar-refractivity contribution in [2.24, 2.45) is 0 Å². The number of hydrogen-bond acceptors (Lipinski definition) is 2. The fourth-order valence-corrected chi connectivity index (χ4v) is 1.45. The molecule has 0 bridgehead atoms. The van der Waals surface area contributed by atoms with E-state index in [4.69, 9.17) is 5.26 Å². The number of H-pyrrole nitrogens is 1. The summed E-state index contributed by atoms with van der Waals surface area (Å²) >= 11 is 3.33. The van der Waals surface area contributed by atoms with Crippen molar-refractivity contribution in [1.82, 2.24) is 4.98 Å². The van der Waals surface area contributed by atoms with E-state index in [9.17, 15) is 4.79 Å². The molecule has 0 aliphatic rings. The SMILES string of the molecule is C/C(Br)=C\C=C/C(C)c1cc(=O)c(C#N)c[nH]1. The van der Waals surface area contributed by atoms with E-state index in [0.717, 1.165) is 10.2 Å². The van der Waals surface area contributed by atoms with E-state index in [1.807, 2.05) is 38.1 Å². The van der Waals surface area contributed by atoms with Crippen LogP contribution in [-0.2, 0) is 0 Å². The Balaban J connectivity index is 2.91. The first-order valence-electron chi connectivity index (χ1n) is 5.18. The zero-order valence-corrected chi connectivity index (χ0v) is 11.3. The third-order valence-corrected chi connectivity index (χ3v) is 2.54. The quantitative estimate of drug-likeness (QED) is 0.870. The Kier molecular flexibility index (Phi) is 4.92. The van der Waals surface area contributed by atoms with Crippen molar-refractivity contribution in [2.45, 2.75) is 19.8 Å². The number of nitrogens with one attached hydrogen (secondary N) is 1. The van der Waals surface area contributed by atoms with Gasteiger partial charge >= 0.3 is 0 Å². The maximum Gasteiger partial charge on any atom is 0.199 e. The first kappa shape index (κ1) is 13.5. The highest BCUT2D eigenvalue weighted by molar-refractivity contribution is 9.11. The molecular weight excluding hydrogens is 280 g/mol. The van der Waals surface area contributed by atoms with Crippen LogP contribution < -0.4 is 5.43 Å².